The fourth-order valence-corrected chi connectivity index (χ4v) is 13.4. The predicted octanol–water partition coefficient (Wildman–Crippen LogP) is 19.5. The van der Waals surface area contributed by atoms with Crippen LogP contribution in [-0.4, -0.2) is 0 Å². The molecule has 0 unspecified atom stereocenters. The first-order valence-electron chi connectivity index (χ1n) is 26.1. The van der Waals surface area contributed by atoms with Crippen LogP contribution in [0.5, 0.6) is 11.5 Å². The molecule has 3 heteroatoms. The summed E-state index contributed by atoms with van der Waals surface area (Å²) in [4.78, 5) is 2.43. The number of benzene rings is 12. The van der Waals surface area contributed by atoms with Gasteiger partial charge in [0.05, 0.1) is 5.41 Å². The standard InChI is InChI=1S/C72H47NO2/c1-71(2)61-23-10-7-20-55(61)57-37-34-52(43-65(57)71)73(50-32-26-44(27-33-50)49-29-36-60-59-22-9-12-25-67(59)74-68(60)42-49)51-17-13-16-47(40-51)48-28-35-58-56-21-8-11-24-62(56)72(66(58)41-48)63-38-30-45-14-3-5-18-53(45)69(63)75-70-54-19-6-4-15-46(54)31-39-64(70)72/h3-43H,1-2H3. The van der Waals surface area contributed by atoms with Gasteiger partial charge in [0.1, 0.15) is 22.7 Å². The Morgan fingerprint density at radius 1 is 0.307 bits per heavy atom. The molecule has 2 heterocycles. The smallest absolute Gasteiger partial charge is 0.140 e. The molecule has 16 rings (SSSR count). The van der Waals surface area contributed by atoms with Crippen molar-refractivity contribution >= 4 is 60.5 Å². The number of hydrogen-bond donors (Lipinski definition) is 0. The van der Waals surface area contributed by atoms with Crippen LogP contribution in [0.3, 0.4) is 0 Å². The molecule has 1 spiro atoms. The summed E-state index contributed by atoms with van der Waals surface area (Å²) in [6, 6.07) is 91.6. The normalized spacial score (nSPS) is 14.1. The van der Waals surface area contributed by atoms with Gasteiger partial charge in [-0.2, -0.15) is 0 Å². The summed E-state index contributed by atoms with van der Waals surface area (Å²) in [6.45, 7) is 4.72. The molecule has 0 N–H and O–H groups in total. The summed E-state index contributed by atoms with van der Waals surface area (Å²) < 4.78 is 13.6. The van der Waals surface area contributed by atoms with Crippen molar-refractivity contribution in [3.05, 3.63) is 282 Å². The van der Waals surface area contributed by atoms with Crippen LogP contribution in [0.1, 0.15) is 47.2 Å². The van der Waals surface area contributed by atoms with Gasteiger partial charge in [-0.15, -0.1) is 0 Å². The Bertz CT molecular complexity index is 4470. The molecule has 352 valence electrons. The first-order valence-corrected chi connectivity index (χ1v) is 26.1. The van der Waals surface area contributed by atoms with E-state index in [0.29, 0.717) is 0 Å². The third-order valence-corrected chi connectivity index (χ3v) is 16.9. The Balaban J connectivity index is 0.871. The number of hydrogen-bond acceptors (Lipinski definition) is 3. The number of ether oxygens (including phenoxy) is 1. The van der Waals surface area contributed by atoms with Crippen LogP contribution in [0, 0.1) is 0 Å². The lowest BCUT2D eigenvalue weighted by molar-refractivity contribution is 0.447. The van der Waals surface area contributed by atoms with Crippen LogP contribution in [0.15, 0.2) is 253 Å². The number of fused-ring (bicyclic) bond motifs is 19. The average molecular weight is 958 g/mol. The fourth-order valence-electron chi connectivity index (χ4n) is 13.4. The molecule has 1 aromatic heterocycles. The van der Waals surface area contributed by atoms with Crippen molar-refractivity contribution in [2.45, 2.75) is 24.7 Å². The van der Waals surface area contributed by atoms with E-state index in [1.807, 2.05) is 12.1 Å². The lowest BCUT2D eigenvalue weighted by atomic mass is 9.65. The quantitative estimate of drug-likeness (QED) is 0.172. The topological polar surface area (TPSA) is 25.6 Å². The number of anilines is 3. The molecule has 0 atom stereocenters. The second kappa shape index (κ2) is 15.5. The largest absolute Gasteiger partial charge is 0.456 e. The van der Waals surface area contributed by atoms with Gasteiger partial charge in [-0.3, -0.25) is 0 Å². The highest BCUT2D eigenvalue weighted by Crippen LogP contribution is 2.64. The molecule has 1 aliphatic heterocycles. The van der Waals surface area contributed by atoms with E-state index < -0.39 is 5.41 Å². The lowest BCUT2D eigenvalue weighted by Crippen LogP contribution is -2.32. The number of para-hydroxylation sites is 1. The highest BCUT2D eigenvalue weighted by molar-refractivity contribution is 6.06. The third kappa shape index (κ3) is 5.92. The van der Waals surface area contributed by atoms with E-state index in [1.54, 1.807) is 0 Å². The maximum absolute atomic E-state index is 7.27. The molecule has 0 fully saturated rings. The van der Waals surface area contributed by atoms with Crippen molar-refractivity contribution in [1.82, 2.24) is 0 Å². The molecule has 0 amide bonds. The van der Waals surface area contributed by atoms with Gasteiger partial charge < -0.3 is 14.1 Å². The molecule has 75 heavy (non-hydrogen) atoms. The minimum Gasteiger partial charge on any atom is -0.456 e. The predicted molar refractivity (Wildman–Crippen MR) is 309 cm³/mol. The van der Waals surface area contributed by atoms with Crippen molar-refractivity contribution in [2.75, 3.05) is 4.90 Å². The Labute approximate surface area is 435 Å². The van der Waals surface area contributed by atoms with E-state index in [9.17, 15) is 0 Å². The third-order valence-electron chi connectivity index (χ3n) is 16.9. The van der Waals surface area contributed by atoms with Crippen LogP contribution in [-0.2, 0) is 10.8 Å². The monoisotopic (exact) mass is 957 g/mol. The summed E-state index contributed by atoms with van der Waals surface area (Å²) in [5, 5.41) is 6.81. The maximum Gasteiger partial charge on any atom is 0.140 e. The summed E-state index contributed by atoms with van der Waals surface area (Å²) in [5.74, 6) is 1.84. The molecule has 3 aliphatic rings. The van der Waals surface area contributed by atoms with Crippen LogP contribution in [0.25, 0.3) is 88.0 Å². The van der Waals surface area contributed by atoms with E-state index in [1.165, 1.54) is 44.5 Å². The van der Waals surface area contributed by atoms with Crippen LogP contribution in [0.2, 0.25) is 0 Å². The van der Waals surface area contributed by atoms with E-state index >= 15 is 0 Å². The summed E-state index contributed by atoms with van der Waals surface area (Å²) in [6.07, 6.45) is 0. The van der Waals surface area contributed by atoms with Gasteiger partial charge in [0.15, 0.2) is 0 Å². The molecule has 0 saturated heterocycles. The highest BCUT2D eigenvalue weighted by Gasteiger charge is 2.52. The molecule has 0 radical (unpaired) electrons. The molecule has 0 bridgehead atoms. The molecule has 13 aromatic rings. The summed E-state index contributed by atoms with van der Waals surface area (Å²) in [5.41, 5.74) is 21.5. The van der Waals surface area contributed by atoms with Crippen LogP contribution in [0.4, 0.5) is 17.1 Å². The Morgan fingerprint density at radius 3 is 1.60 bits per heavy atom. The zero-order chi connectivity index (χ0) is 49.6. The first kappa shape index (κ1) is 42.1. The van der Waals surface area contributed by atoms with Crippen LogP contribution < -0.4 is 9.64 Å². The number of nitrogens with zero attached hydrogens (tertiary/aromatic N) is 1. The van der Waals surface area contributed by atoms with E-state index in [4.69, 9.17) is 9.15 Å². The molecule has 12 aromatic carbocycles. The summed E-state index contributed by atoms with van der Waals surface area (Å²) in [7, 11) is 0. The molecule has 3 nitrogen and oxygen atoms in total. The minimum atomic E-state index is -0.645. The Kier molecular flexibility index (Phi) is 8.72. The lowest BCUT2D eigenvalue weighted by Gasteiger charge is -2.40. The van der Waals surface area contributed by atoms with E-state index in [-0.39, 0.29) is 5.41 Å². The maximum atomic E-state index is 7.27. The summed E-state index contributed by atoms with van der Waals surface area (Å²) >= 11 is 0. The van der Waals surface area contributed by atoms with Crippen molar-refractivity contribution in [3.63, 3.8) is 0 Å². The Morgan fingerprint density at radius 2 is 0.840 bits per heavy atom. The second-order valence-corrected chi connectivity index (χ2v) is 21.1. The van der Waals surface area contributed by atoms with Crippen molar-refractivity contribution in [1.29, 1.82) is 0 Å². The molecule has 2 aliphatic carbocycles. The van der Waals surface area contributed by atoms with Gasteiger partial charge in [-0.25, -0.2) is 0 Å². The van der Waals surface area contributed by atoms with Gasteiger partial charge in [0.2, 0.25) is 0 Å². The molecular weight excluding hydrogens is 911 g/mol. The SMILES string of the molecule is CC1(C)c2ccccc2-c2ccc(N(c3ccc(-c4ccc5c(c4)oc4ccccc45)cc3)c3cccc(-c4ccc5c(c4)C4(c6ccccc6-5)c5ccc6ccccc6c5Oc5c4ccc4ccccc54)c3)cc21. The van der Waals surface area contributed by atoms with Crippen molar-refractivity contribution in [3.8, 4) is 56.0 Å². The van der Waals surface area contributed by atoms with Gasteiger partial charge >= 0.3 is 0 Å². The number of furan rings is 1. The van der Waals surface area contributed by atoms with E-state index in [2.05, 4.69) is 255 Å². The number of rotatable bonds is 5. The van der Waals surface area contributed by atoms with Gasteiger partial charge in [-0.05, 0) is 138 Å². The highest BCUT2D eigenvalue weighted by atomic mass is 16.5. The molecule has 0 saturated carbocycles. The van der Waals surface area contributed by atoms with Gasteiger partial charge in [0, 0.05) is 55.1 Å². The van der Waals surface area contributed by atoms with Crippen molar-refractivity contribution < 1.29 is 9.15 Å². The van der Waals surface area contributed by atoms with Gasteiger partial charge in [0.25, 0.3) is 0 Å². The van der Waals surface area contributed by atoms with Gasteiger partial charge in [-0.1, -0.05) is 202 Å². The molecular formula is C72H47NO2. The minimum absolute atomic E-state index is 0.160. The zero-order valence-electron chi connectivity index (χ0n) is 41.4. The average Bonchev–Trinajstić information content (AvgIpc) is 4.09. The van der Waals surface area contributed by atoms with E-state index in [0.717, 1.165) is 105 Å². The van der Waals surface area contributed by atoms with Crippen molar-refractivity contribution in [2.24, 2.45) is 0 Å². The fraction of sp³-hybridized carbons (Fsp3) is 0.0556. The zero-order valence-corrected chi connectivity index (χ0v) is 41.4. The Hall–Kier alpha value is -9.44. The first-order chi connectivity index (χ1) is 36.9. The van der Waals surface area contributed by atoms with Crippen LogP contribution >= 0.6 is 0 Å². The second-order valence-electron chi connectivity index (χ2n) is 21.1.